The fourth-order valence-corrected chi connectivity index (χ4v) is 9.47. The molecule has 4 aromatic rings. The zero-order valence-corrected chi connectivity index (χ0v) is 26.7. The van der Waals surface area contributed by atoms with Crippen LogP contribution in [0.2, 0.25) is 5.02 Å². The van der Waals surface area contributed by atoms with Crippen LogP contribution in [0.5, 0.6) is 11.8 Å². The van der Waals surface area contributed by atoms with E-state index in [9.17, 15) is 19.3 Å². The van der Waals surface area contributed by atoms with Crippen molar-refractivity contribution in [3.8, 4) is 35.0 Å². The quantitative estimate of drug-likeness (QED) is 0.244. The molecule has 0 aliphatic carbocycles. The molecule has 14 heteroatoms. The first-order valence-corrected chi connectivity index (χ1v) is 16.9. The number of hydrogen-bond acceptors (Lipinski definition) is 10. The summed E-state index contributed by atoms with van der Waals surface area (Å²) in [6, 6.07) is 6.54. The normalized spacial score (nSPS) is 25.2. The molecule has 4 aliphatic rings. The Hall–Kier alpha value is -4.04. The van der Waals surface area contributed by atoms with Gasteiger partial charge < -0.3 is 20.1 Å². The lowest BCUT2D eigenvalue weighted by Gasteiger charge is -2.40. The standard InChI is InChI=1S/C33H29ClF3N7O2S/c34-25-23(18-4-5-20(36)29-22(18)19(12-39)30(40)47-29)26(37)27-24-28(25)45-14-21-16(6-8-38)3-1-10-44(21)31(24)42-32(41-27)46-15-33-7-2-9-43(33)13-17(35)11-33/h4-5,16-17,21H,1-3,6-7,9-11,13-15,40H2/t16?,17-,21?,33+/m1/s1. The number of anilines is 2. The summed E-state index contributed by atoms with van der Waals surface area (Å²) in [5.41, 5.74) is 5.57. The van der Waals surface area contributed by atoms with E-state index in [1.165, 1.54) is 12.1 Å². The molecule has 2 unspecified atom stereocenters. The van der Waals surface area contributed by atoms with E-state index >= 15 is 4.39 Å². The Morgan fingerprint density at radius 2 is 2.04 bits per heavy atom. The number of thiophene rings is 1. The van der Waals surface area contributed by atoms with E-state index in [1.54, 1.807) is 0 Å². The van der Waals surface area contributed by atoms with Crippen molar-refractivity contribution < 1.29 is 22.6 Å². The van der Waals surface area contributed by atoms with Gasteiger partial charge in [0, 0.05) is 36.9 Å². The van der Waals surface area contributed by atoms with E-state index in [2.05, 4.69) is 16.0 Å². The molecule has 2 N–H and O–H groups in total. The summed E-state index contributed by atoms with van der Waals surface area (Å²) in [4.78, 5) is 13.5. The second-order valence-corrected chi connectivity index (χ2v) is 14.3. The zero-order chi connectivity index (χ0) is 32.6. The molecule has 4 atom stereocenters. The van der Waals surface area contributed by atoms with Crippen LogP contribution in [0.15, 0.2) is 12.1 Å². The second kappa shape index (κ2) is 11.3. The number of nitrogens with zero attached hydrogens (tertiary/aromatic N) is 6. The van der Waals surface area contributed by atoms with Crippen LogP contribution < -0.4 is 20.1 Å². The summed E-state index contributed by atoms with van der Waals surface area (Å²) in [6.07, 6.45) is 2.99. The molecule has 8 rings (SSSR count). The summed E-state index contributed by atoms with van der Waals surface area (Å²) in [7, 11) is 0. The minimum atomic E-state index is -0.953. The zero-order valence-electron chi connectivity index (χ0n) is 25.2. The lowest BCUT2D eigenvalue weighted by molar-refractivity contribution is 0.107. The Bertz CT molecular complexity index is 2050. The summed E-state index contributed by atoms with van der Waals surface area (Å²) < 4.78 is 59.4. The average molecular weight is 680 g/mol. The van der Waals surface area contributed by atoms with Crippen LogP contribution in [0.1, 0.15) is 44.1 Å². The molecule has 4 aliphatic heterocycles. The van der Waals surface area contributed by atoms with Crippen molar-refractivity contribution in [2.45, 2.75) is 56.3 Å². The molecule has 2 aromatic carbocycles. The lowest BCUT2D eigenvalue weighted by atomic mass is 9.87. The molecule has 47 heavy (non-hydrogen) atoms. The van der Waals surface area contributed by atoms with E-state index in [-0.39, 0.29) is 84.6 Å². The number of hydrogen-bond donors (Lipinski definition) is 1. The fraction of sp³-hybridized carbons (Fsp3) is 0.455. The number of nitrogens with two attached hydrogens (primary N) is 1. The number of fused-ring (bicyclic) bond motifs is 4. The highest BCUT2D eigenvalue weighted by Crippen LogP contribution is 2.52. The molecule has 0 saturated carbocycles. The van der Waals surface area contributed by atoms with Gasteiger partial charge in [0.15, 0.2) is 11.6 Å². The van der Waals surface area contributed by atoms with Crippen molar-refractivity contribution in [1.82, 2.24) is 14.9 Å². The number of benzene rings is 2. The third kappa shape index (κ3) is 4.58. The monoisotopic (exact) mass is 679 g/mol. The van der Waals surface area contributed by atoms with Crippen molar-refractivity contribution >= 4 is 54.7 Å². The molecule has 0 radical (unpaired) electrons. The highest BCUT2D eigenvalue weighted by molar-refractivity contribution is 7.23. The fourth-order valence-electron chi connectivity index (χ4n) is 8.19. The Morgan fingerprint density at radius 3 is 2.85 bits per heavy atom. The van der Waals surface area contributed by atoms with Gasteiger partial charge in [-0.1, -0.05) is 17.7 Å². The van der Waals surface area contributed by atoms with Gasteiger partial charge in [-0.2, -0.15) is 20.5 Å². The van der Waals surface area contributed by atoms with Gasteiger partial charge in [0.05, 0.1) is 38.3 Å². The molecular weight excluding hydrogens is 651 g/mol. The first kappa shape index (κ1) is 30.3. The minimum absolute atomic E-state index is 0.0221. The number of halogens is 4. The summed E-state index contributed by atoms with van der Waals surface area (Å²) in [5, 5.41) is 20.0. The third-order valence-corrected chi connectivity index (χ3v) is 11.7. The highest BCUT2D eigenvalue weighted by Gasteiger charge is 2.49. The van der Waals surface area contributed by atoms with Gasteiger partial charge in [0.2, 0.25) is 0 Å². The minimum Gasteiger partial charge on any atom is -0.489 e. The molecule has 242 valence electrons. The van der Waals surface area contributed by atoms with Crippen LogP contribution in [0.3, 0.4) is 0 Å². The van der Waals surface area contributed by atoms with Crippen LogP contribution in [0, 0.1) is 40.2 Å². The SMILES string of the molecule is N#CCC1CCCN2c3nc(OC[C@@]45CCCN4C[C@H](F)C5)nc4c(F)c(-c5ccc(F)c6sc(N)c(C#N)c56)c(Cl)c(c34)OCC12. The van der Waals surface area contributed by atoms with Gasteiger partial charge in [-0.15, -0.1) is 11.3 Å². The van der Waals surface area contributed by atoms with Crippen molar-refractivity contribution in [3.05, 3.63) is 34.4 Å². The van der Waals surface area contributed by atoms with E-state index in [1.807, 2.05) is 11.0 Å². The van der Waals surface area contributed by atoms with Crippen LogP contribution in [-0.2, 0) is 0 Å². The van der Waals surface area contributed by atoms with Crippen molar-refractivity contribution in [3.63, 3.8) is 0 Å². The Balaban J connectivity index is 1.35. The molecular formula is C33H29ClF3N7O2S. The maximum atomic E-state index is 17.1. The number of aromatic nitrogens is 2. The lowest BCUT2D eigenvalue weighted by Crippen LogP contribution is -2.48. The second-order valence-electron chi connectivity index (χ2n) is 12.8. The summed E-state index contributed by atoms with van der Waals surface area (Å²) >= 11 is 7.94. The number of piperidine rings is 1. The summed E-state index contributed by atoms with van der Waals surface area (Å²) in [5.74, 6) is -0.913. The van der Waals surface area contributed by atoms with E-state index in [0.29, 0.717) is 31.7 Å². The van der Waals surface area contributed by atoms with Crippen LogP contribution >= 0.6 is 22.9 Å². The predicted octanol–water partition coefficient (Wildman–Crippen LogP) is 6.74. The maximum Gasteiger partial charge on any atom is 0.319 e. The molecule has 6 heterocycles. The first-order valence-electron chi connectivity index (χ1n) is 15.7. The van der Waals surface area contributed by atoms with Gasteiger partial charge in [-0.25, -0.2) is 13.2 Å². The molecule has 0 amide bonds. The number of rotatable bonds is 5. The van der Waals surface area contributed by atoms with Crippen LogP contribution in [-0.4, -0.2) is 65.5 Å². The van der Waals surface area contributed by atoms with Crippen molar-refractivity contribution in [2.75, 3.05) is 43.5 Å². The van der Waals surface area contributed by atoms with E-state index < -0.39 is 23.3 Å². The largest absolute Gasteiger partial charge is 0.489 e. The topological polar surface area (TPSA) is 124 Å². The smallest absolute Gasteiger partial charge is 0.319 e. The third-order valence-electron chi connectivity index (χ3n) is 10.3. The molecule has 9 nitrogen and oxygen atoms in total. The number of nitrogen functional groups attached to an aromatic ring is 1. The average Bonchev–Trinajstić information content (AvgIpc) is 3.66. The number of ether oxygens (including phenoxy) is 2. The Labute approximate surface area is 277 Å². The molecule has 0 spiro atoms. The number of alkyl halides is 1. The van der Waals surface area contributed by atoms with Gasteiger partial charge in [0.1, 0.15) is 47.6 Å². The van der Waals surface area contributed by atoms with Gasteiger partial charge in [-0.05, 0) is 49.8 Å². The van der Waals surface area contributed by atoms with Crippen LogP contribution in [0.25, 0.3) is 32.1 Å². The molecule has 0 bridgehead atoms. The highest BCUT2D eigenvalue weighted by atomic mass is 35.5. The predicted molar refractivity (Wildman–Crippen MR) is 173 cm³/mol. The molecule has 2 aromatic heterocycles. The Kier molecular flexibility index (Phi) is 7.28. The maximum absolute atomic E-state index is 17.1. The van der Waals surface area contributed by atoms with Crippen molar-refractivity contribution in [2.24, 2.45) is 5.92 Å². The van der Waals surface area contributed by atoms with Gasteiger partial charge >= 0.3 is 6.01 Å². The number of nitriles is 2. The van der Waals surface area contributed by atoms with Crippen molar-refractivity contribution in [1.29, 1.82) is 10.5 Å². The van der Waals surface area contributed by atoms with E-state index in [0.717, 1.165) is 43.6 Å². The molecule has 3 saturated heterocycles. The molecule has 3 fully saturated rings. The van der Waals surface area contributed by atoms with Gasteiger partial charge in [-0.3, -0.25) is 4.90 Å². The summed E-state index contributed by atoms with van der Waals surface area (Å²) in [6.45, 7) is 2.01. The van der Waals surface area contributed by atoms with Crippen LogP contribution in [0.4, 0.5) is 24.0 Å². The van der Waals surface area contributed by atoms with E-state index in [4.69, 9.17) is 31.8 Å². The first-order chi connectivity index (χ1) is 22.7. The Morgan fingerprint density at radius 1 is 1.19 bits per heavy atom. The van der Waals surface area contributed by atoms with Gasteiger partial charge in [0.25, 0.3) is 0 Å².